The van der Waals surface area contributed by atoms with E-state index in [1.807, 2.05) is 6.92 Å². The van der Waals surface area contributed by atoms with Gasteiger partial charge in [0.15, 0.2) is 5.82 Å². The Hall–Kier alpha value is -1.36. The fraction of sp³-hybridized carbons (Fsp3) is 0.444. The highest BCUT2D eigenvalue weighted by molar-refractivity contribution is 6.28. The average Bonchev–Trinajstić information content (AvgIpc) is 2.35. The second kappa shape index (κ2) is 4.02. The lowest BCUT2D eigenvalue weighted by Gasteiger charge is -2.12. The van der Waals surface area contributed by atoms with E-state index in [9.17, 15) is 4.79 Å². The Morgan fingerprint density at radius 1 is 1.67 bits per heavy atom. The minimum atomic E-state index is -0.0287. The van der Waals surface area contributed by atoms with Crippen LogP contribution in [0, 0.1) is 0 Å². The predicted molar refractivity (Wildman–Crippen MR) is 58.0 cm³/mol. The SMILES string of the molecule is CCC1CC(=O)Nc2cnc(Cl)nc2N1. The minimum Gasteiger partial charge on any atom is -0.365 e. The van der Waals surface area contributed by atoms with Crippen LogP contribution in [0.25, 0.3) is 0 Å². The van der Waals surface area contributed by atoms with Gasteiger partial charge in [-0.15, -0.1) is 0 Å². The van der Waals surface area contributed by atoms with E-state index in [4.69, 9.17) is 11.6 Å². The predicted octanol–water partition coefficient (Wildman–Crippen LogP) is 1.66. The Kier molecular flexibility index (Phi) is 2.73. The third-order valence-electron chi connectivity index (χ3n) is 2.30. The molecule has 0 spiro atoms. The van der Waals surface area contributed by atoms with Crippen molar-refractivity contribution >= 4 is 29.0 Å². The van der Waals surface area contributed by atoms with E-state index in [-0.39, 0.29) is 17.2 Å². The molecule has 2 N–H and O–H groups in total. The zero-order chi connectivity index (χ0) is 10.8. The molecule has 0 aromatic carbocycles. The number of carbonyl (C=O) groups is 1. The second-order valence-electron chi connectivity index (χ2n) is 3.40. The fourth-order valence-corrected chi connectivity index (χ4v) is 1.61. The first-order valence-corrected chi connectivity index (χ1v) is 5.15. The number of amides is 1. The molecule has 1 aliphatic heterocycles. The molecular weight excluding hydrogens is 216 g/mol. The van der Waals surface area contributed by atoms with Gasteiger partial charge in [0.25, 0.3) is 0 Å². The standard InChI is InChI=1S/C9H11ClN4O/c1-2-5-3-7(15)13-6-4-11-9(10)14-8(6)12-5/h4-5H,2-3H2,1H3,(H,13,15)(H,11,12,14). The Morgan fingerprint density at radius 3 is 3.20 bits per heavy atom. The number of hydrogen-bond acceptors (Lipinski definition) is 4. The van der Waals surface area contributed by atoms with Crippen molar-refractivity contribution in [2.24, 2.45) is 0 Å². The van der Waals surface area contributed by atoms with Crippen LogP contribution in [0.15, 0.2) is 6.20 Å². The lowest BCUT2D eigenvalue weighted by Crippen LogP contribution is -2.21. The molecule has 1 aliphatic rings. The van der Waals surface area contributed by atoms with Crippen molar-refractivity contribution in [1.29, 1.82) is 0 Å². The Bertz CT molecular complexity index is 396. The highest BCUT2D eigenvalue weighted by Crippen LogP contribution is 2.24. The smallest absolute Gasteiger partial charge is 0.226 e. The first-order valence-electron chi connectivity index (χ1n) is 4.78. The molecule has 1 amide bonds. The zero-order valence-electron chi connectivity index (χ0n) is 8.25. The summed E-state index contributed by atoms with van der Waals surface area (Å²) in [5.41, 5.74) is 0.584. The molecule has 0 radical (unpaired) electrons. The molecule has 0 fully saturated rings. The summed E-state index contributed by atoms with van der Waals surface area (Å²) in [4.78, 5) is 19.3. The lowest BCUT2D eigenvalue weighted by molar-refractivity contribution is -0.116. The third kappa shape index (κ3) is 2.18. The number of nitrogens with one attached hydrogen (secondary N) is 2. The second-order valence-corrected chi connectivity index (χ2v) is 3.74. The lowest BCUT2D eigenvalue weighted by atomic mass is 10.1. The van der Waals surface area contributed by atoms with E-state index in [1.54, 1.807) is 0 Å². The van der Waals surface area contributed by atoms with Crippen molar-refractivity contribution in [3.8, 4) is 0 Å². The maximum Gasteiger partial charge on any atom is 0.226 e. The van der Waals surface area contributed by atoms with Gasteiger partial charge >= 0.3 is 0 Å². The molecule has 6 heteroatoms. The van der Waals surface area contributed by atoms with Crippen LogP contribution in [0.2, 0.25) is 5.28 Å². The third-order valence-corrected chi connectivity index (χ3v) is 2.48. The van der Waals surface area contributed by atoms with Gasteiger partial charge in [0.05, 0.1) is 6.20 Å². The summed E-state index contributed by atoms with van der Waals surface area (Å²) in [7, 11) is 0. The molecule has 5 nitrogen and oxygen atoms in total. The van der Waals surface area contributed by atoms with E-state index in [2.05, 4.69) is 20.6 Å². The molecule has 1 unspecified atom stereocenters. The zero-order valence-corrected chi connectivity index (χ0v) is 9.01. The van der Waals surface area contributed by atoms with Crippen LogP contribution in [0.5, 0.6) is 0 Å². The van der Waals surface area contributed by atoms with Crippen LogP contribution in [-0.2, 0) is 4.79 Å². The number of aromatic nitrogens is 2. The Balaban J connectivity index is 2.36. The van der Waals surface area contributed by atoms with Crippen molar-refractivity contribution in [2.45, 2.75) is 25.8 Å². The van der Waals surface area contributed by atoms with Gasteiger partial charge in [-0.05, 0) is 18.0 Å². The van der Waals surface area contributed by atoms with Gasteiger partial charge in [-0.3, -0.25) is 4.79 Å². The van der Waals surface area contributed by atoms with Gasteiger partial charge in [0, 0.05) is 12.5 Å². The number of nitrogens with zero attached hydrogens (tertiary/aromatic N) is 2. The van der Waals surface area contributed by atoms with Gasteiger partial charge in [0.1, 0.15) is 5.69 Å². The normalized spacial score (nSPS) is 19.9. The molecule has 1 atom stereocenters. The summed E-state index contributed by atoms with van der Waals surface area (Å²) in [6.07, 6.45) is 2.80. The maximum atomic E-state index is 11.5. The molecular formula is C9H11ClN4O. The molecule has 15 heavy (non-hydrogen) atoms. The topological polar surface area (TPSA) is 66.9 Å². The fourth-order valence-electron chi connectivity index (χ4n) is 1.48. The van der Waals surface area contributed by atoms with Crippen LogP contribution in [-0.4, -0.2) is 21.9 Å². The highest BCUT2D eigenvalue weighted by atomic mass is 35.5. The summed E-state index contributed by atoms with van der Waals surface area (Å²) in [6, 6.07) is 0.0946. The van der Waals surface area contributed by atoms with Crippen LogP contribution in [0.4, 0.5) is 11.5 Å². The van der Waals surface area contributed by atoms with Crippen LogP contribution in [0.1, 0.15) is 19.8 Å². The summed E-state index contributed by atoms with van der Waals surface area (Å²) in [6.45, 7) is 2.01. The Morgan fingerprint density at radius 2 is 2.47 bits per heavy atom. The molecule has 0 saturated heterocycles. The molecule has 0 aliphatic carbocycles. The summed E-state index contributed by atoms with van der Waals surface area (Å²) >= 11 is 5.68. The quantitative estimate of drug-likeness (QED) is 0.715. The van der Waals surface area contributed by atoms with Crippen molar-refractivity contribution in [3.05, 3.63) is 11.5 Å². The number of fused-ring (bicyclic) bond motifs is 1. The molecule has 1 aromatic rings. The average molecular weight is 227 g/mol. The van der Waals surface area contributed by atoms with E-state index in [0.29, 0.717) is 17.9 Å². The summed E-state index contributed by atoms with van der Waals surface area (Å²) < 4.78 is 0. The molecule has 2 rings (SSSR count). The minimum absolute atomic E-state index is 0.0287. The van der Waals surface area contributed by atoms with Crippen molar-refractivity contribution in [2.75, 3.05) is 10.6 Å². The molecule has 0 saturated carbocycles. The number of carbonyl (C=O) groups excluding carboxylic acids is 1. The number of rotatable bonds is 1. The maximum absolute atomic E-state index is 11.5. The van der Waals surface area contributed by atoms with Gasteiger partial charge in [-0.2, -0.15) is 4.98 Å². The van der Waals surface area contributed by atoms with E-state index in [0.717, 1.165) is 6.42 Å². The van der Waals surface area contributed by atoms with E-state index >= 15 is 0 Å². The Labute approximate surface area is 92.3 Å². The van der Waals surface area contributed by atoms with Gasteiger partial charge in [-0.25, -0.2) is 4.98 Å². The van der Waals surface area contributed by atoms with Crippen molar-refractivity contribution in [3.63, 3.8) is 0 Å². The van der Waals surface area contributed by atoms with Crippen molar-refractivity contribution < 1.29 is 4.79 Å². The van der Waals surface area contributed by atoms with E-state index in [1.165, 1.54) is 6.20 Å². The molecule has 1 aromatic heterocycles. The number of halogens is 1. The molecule has 2 heterocycles. The first-order chi connectivity index (χ1) is 7.19. The largest absolute Gasteiger partial charge is 0.365 e. The number of anilines is 2. The van der Waals surface area contributed by atoms with Gasteiger partial charge < -0.3 is 10.6 Å². The summed E-state index contributed by atoms with van der Waals surface area (Å²) in [5, 5.41) is 6.06. The molecule has 0 bridgehead atoms. The monoisotopic (exact) mass is 226 g/mol. The highest BCUT2D eigenvalue weighted by Gasteiger charge is 2.20. The first kappa shape index (κ1) is 10.2. The van der Waals surface area contributed by atoms with Crippen molar-refractivity contribution in [1.82, 2.24) is 9.97 Å². The van der Waals surface area contributed by atoms with Crippen LogP contribution in [0.3, 0.4) is 0 Å². The summed E-state index contributed by atoms with van der Waals surface area (Å²) in [5.74, 6) is 0.562. The van der Waals surface area contributed by atoms with Crippen LogP contribution >= 0.6 is 11.6 Å². The van der Waals surface area contributed by atoms with Crippen LogP contribution < -0.4 is 10.6 Å². The van der Waals surface area contributed by atoms with Gasteiger partial charge in [-0.1, -0.05) is 6.92 Å². The molecule has 80 valence electrons. The van der Waals surface area contributed by atoms with E-state index < -0.39 is 0 Å². The van der Waals surface area contributed by atoms with Gasteiger partial charge in [0.2, 0.25) is 11.2 Å². The number of hydrogen-bond donors (Lipinski definition) is 2.